The van der Waals surface area contributed by atoms with Crippen molar-refractivity contribution in [3.63, 3.8) is 0 Å². The van der Waals surface area contributed by atoms with Crippen molar-refractivity contribution in [2.75, 3.05) is 24.6 Å². The van der Waals surface area contributed by atoms with Crippen molar-refractivity contribution in [3.05, 3.63) is 84.7 Å². The van der Waals surface area contributed by atoms with E-state index in [1.54, 1.807) is 21.6 Å². The quantitative estimate of drug-likeness (QED) is 0.104. The fraction of sp³-hybridized carbons (Fsp3) is 0.545. The molecule has 4 atom stereocenters. The number of rotatable bonds is 13. The Morgan fingerprint density at radius 1 is 0.589 bits per heavy atom. The summed E-state index contributed by atoms with van der Waals surface area (Å²) in [5.41, 5.74) is 17.5. The number of hydrogen-bond donors (Lipinski definition) is 2. The smallest absolute Gasteiger partial charge is 0.241 e. The zero-order valence-corrected chi connectivity index (χ0v) is 34.2. The van der Waals surface area contributed by atoms with Crippen LogP contribution in [-0.4, -0.2) is 77.4 Å². The predicted octanol–water partition coefficient (Wildman–Crippen LogP) is 7.86. The van der Waals surface area contributed by atoms with Crippen molar-refractivity contribution in [2.24, 2.45) is 23.3 Å². The minimum Gasteiger partial charge on any atom is -0.331 e. The van der Waals surface area contributed by atoms with Gasteiger partial charge in [0.05, 0.1) is 35.6 Å². The number of benzene rings is 2. The highest BCUT2D eigenvalue weighted by Gasteiger charge is 2.39. The van der Waals surface area contributed by atoms with Gasteiger partial charge in [-0.1, -0.05) is 146 Å². The molecule has 0 radical (unpaired) electrons. The molecule has 4 unspecified atom stereocenters. The van der Waals surface area contributed by atoms with Crippen LogP contribution in [0.4, 0.5) is 0 Å². The van der Waals surface area contributed by atoms with E-state index in [0.29, 0.717) is 49.5 Å². The van der Waals surface area contributed by atoms with Crippen molar-refractivity contribution in [3.8, 4) is 22.5 Å². The number of carbonyl (C=O) groups is 2. The first-order chi connectivity index (χ1) is 27.4. The van der Waals surface area contributed by atoms with Crippen LogP contribution in [0.25, 0.3) is 22.5 Å². The van der Waals surface area contributed by atoms with E-state index in [9.17, 15) is 9.59 Å². The summed E-state index contributed by atoms with van der Waals surface area (Å²) >= 11 is 0. The average molecular weight is 795 g/mol. The number of fused-ring (bicyclic) bond motifs is 2. The molecule has 4 aliphatic rings. The Labute approximate surface area is 340 Å². The molecule has 2 aromatic heterocycles. The summed E-state index contributed by atoms with van der Waals surface area (Å²) in [7, 11) is 3.09. The fourth-order valence-corrected chi connectivity index (χ4v) is 11.8. The summed E-state index contributed by atoms with van der Waals surface area (Å²) < 4.78 is 4.51. The maximum Gasteiger partial charge on any atom is 0.241 e. The standard InChI is InChI=1S/C44H58N8O2S2/c45-35(43(53)51-23-21-49-27-37(33-17-9-3-10-18-33)47-41(49)39(51)25-31-13-5-1-6-14-31)29-55-56-30-36(46)44(54)52-24-22-50-28-38(34-19-11-4-12-20-34)48-42(50)40(52)26-32-15-7-2-8-16-32/h3-4,9-12,17-20,27-28,31-32,35-36,39-40H,1-2,5-8,13-16,21-26,29-30,45-46H2. The molecule has 10 nitrogen and oxygen atoms in total. The van der Waals surface area contributed by atoms with Crippen molar-refractivity contribution < 1.29 is 9.59 Å². The summed E-state index contributed by atoms with van der Waals surface area (Å²) in [6, 6.07) is 19.1. The summed E-state index contributed by atoms with van der Waals surface area (Å²) in [6.07, 6.45) is 18.6. The molecule has 2 amide bonds. The van der Waals surface area contributed by atoms with Crippen LogP contribution in [-0.2, 0) is 22.7 Å². The lowest BCUT2D eigenvalue weighted by Gasteiger charge is -2.39. The minimum absolute atomic E-state index is 0.0148. The van der Waals surface area contributed by atoms with Gasteiger partial charge in [0.1, 0.15) is 11.6 Å². The minimum atomic E-state index is -0.650. The zero-order chi connectivity index (χ0) is 38.4. The van der Waals surface area contributed by atoms with Gasteiger partial charge >= 0.3 is 0 Å². The average Bonchev–Trinajstić information content (AvgIpc) is 3.89. The molecule has 0 spiro atoms. The van der Waals surface area contributed by atoms with Crippen molar-refractivity contribution in [2.45, 2.75) is 114 Å². The summed E-state index contributed by atoms with van der Waals surface area (Å²) in [6.45, 7) is 2.67. The van der Waals surface area contributed by atoms with Gasteiger partial charge in [-0.3, -0.25) is 9.59 Å². The molecule has 56 heavy (non-hydrogen) atoms. The number of hydrogen-bond acceptors (Lipinski definition) is 8. The van der Waals surface area contributed by atoms with E-state index in [-0.39, 0.29) is 23.9 Å². The monoisotopic (exact) mass is 794 g/mol. The van der Waals surface area contributed by atoms with E-state index < -0.39 is 12.1 Å². The van der Waals surface area contributed by atoms with E-state index in [1.165, 1.54) is 64.2 Å². The lowest BCUT2D eigenvalue weighted by molar-refractivity contribution is -0.137. The van der Waals surface area contributed by atoms with Crippen LogP contribution in [0.15, 0.2) is 73.1 Å². The van der Waals surface area contributed by atoms with Crippen LogP contribution in [0.1, 0.15) is 101 Å². The number of nitrogens with two attached hydrogens (primary N) is 2. The normalized spacial score (nSPS) is 21.7. The van der Waals surface area contributed by atoms with E-state index in [4.69, 9.17) is 21.4 Å². The fourth-order valence-electron chi connectivity index (χ4n) is 9.55. The highest BCUT2D eigenvalue weighted by atomic mass is 33.1. The van der Waals surface area contributed by atoms with Crippen LogP contribution in [0.5, 0.6) is 0 Å². The van der Waals surface area contributed by atoms with Gasteiger partial charge in [0.25, 0.3) is 0 Å². The van der Waals surface area contributed by atoms with Gasteiger partial charge in [-0.2, -0.15) is 0 Å². The number of amides is 2. The number of nitrogens with zero attached hydrogens (tertiary/aromatic N) is 6. The number of carbonyl (C=O) groups excluding carboxylic acids is 2. The molecule has 4 N–H and O–H groups in total. The molecule has 2 aromatic carbocycles. The van der Waals surface area contributed by atoms with Crippen LogP contribution in [0.3, 0.4) is 0 Å². The van der Waals surface area contributed by atoms with E-state index >= 15 is 0 Å². The van der Waals surface area contributed by atoms with Crippen LogP contribution in [0, 0.1) is 11.8 Å². The third kappa shape index (κ3) is 8.93. The molecule has 0 bridgehead atoms. The van der Waals surface area contributed by atoms with Gasteiger partial charge in [0.2, 0.25) is 11.8 Å². The Hall–Kier alpha value is -3.58. The molecule has 4 aromatic rings. The lowest BCUT2D eigenvalue weighted by Crippen LogP contribution is -2.51. The molecular formula is C44H58N8O2S2. The molecule has 2 aliphatic heterocycles. The zero-order valence-electron chi connectivity index (χ0n) is 32.6. The van der Waals surface area contributed by atoms with Gasteiger partial charge in [-0.05, 0) is 24.7 Å². The first-order valence-electron chi connectivity index (χ1n) is 21.0. The van der Waals surface area contributed by atoms with Crippen LogP contribution >= 0.6 is 21.6 Å². The Balaban J connectivity index is 0.891. The van der Waals surface area contributed by atoms with Gasteiger partial charge in [0.15, 0.2) is 0 Å². The Kier molecular flexibility index (Phi) is 12.9. The van der Waals surface area contributed by atoms with Crippen molar-refractivity contribution in [1.29, 1.82) is 0 Å². The molecule has 8 rings (SSSR count). The molecule has 12 heteroatoms. The van der Waals surface area contributed by atoms with E-state index in [0.717, 1.165) is 47.0 Å². The third-order valence-corrected chi connectivity index (χ3v) is 15.1. The van der Waals surface area contributed by atoms with Gasteiger partial charge in [-0.25, -0.2) is 9.97 Å². The van der Waals surface area contributed by atoms with E-state index in [2.05, 4.69) is 45.8 Å². The molecule has 2 aliphatic carbocycles. The topological polar surface area (TPSA) is 128 Å². The first-order valence-corrected chi connectivity index (χ1v) is 23.5. The highest BCUT2D eigenvalue weighted by Crippen LogP contribution is 2.40. The van der Waals surface area contributed by atoms with Crippen molar-refractivity contribution in [1.82, 2.24) is 28.9 Å². The molecule has 2 saturated carbocycles. The molecule has 298 valence electrons. The molecule has 0 saturated heterocycles. The maximum atomic E-state index is 14.1. The summed E-state index contributed by atoms with van der Waals surface area (Å²) in [4.78, 5) is 42.6. The van der Waals surface area contributed by atoms with Crippen LogP contribution < -0.4 is 11.5 Å². The SMILES string of the molecule is NC(CSSCC(N)C(=O)N1CCn2cc(-c3ccccc3)nc2C1CC1CCCCC1)C(=O)N1CCn2cc(-c3ccccc3)nc2C1CC1CCCCC1. The largest absolute Gasteiger partial charge is 0.331 e. The first kappa shape index (κ1) is 39.3. The van der Waals surface area contributed by atoms with E-state index in [1.807, 2.05) is 46.2 Å². The Morgan fingerprint density at radius 2 is 0.982 bits per heavy atom. The predicted molar refractivity (Wildman–Crippen MR) is 227 cm³/mol. The number of aromatic nitrogens is 4. The van der Waals surface area contributed by atoms with Gasteiger partial charge < -0.3 is 30.4 Å². The second kappa shape index (κ2) is 18.3. The lowest BCUT2D eigenvalue weighted by atomic mass is 9.84. The molecule has 2 fully saturated rings. The van der Waals surface area contributed by atoms with Crippen molar-refractivity contribution >= 4 is 33.4 Å². The van der Waals surface area contributed by atoms with Crippen LogP contribution in [0.2, 0.25) is 0 Å². The second-order valence-corrected chi connectivity index (χ2v) is 19.0. The Bertz CT molecular complexity index is 1770. The van der Waals surface area contributed by atoms with Gasteiger partial charge in [0, 0.05) is 61.2 Å². The maximum absolute atomic E-state index is 14.1. The second-order valence-electron chi connectivity index (χ2n) is 16.4. The molecule has 4 heterocycles. The highest BCUT2D eigenvalue weighted by molar-refractivity contribution is 8.76. The molecular weight excluding hydrogens is 737 g/mol. The number of imidazole rings is 2. The van der Waals surface area contributed by atoms with Gasteiger partial charge in [-0.15, -0.1) is 0 Å². The summed E-state index contributed by atoms with van der Waals surface area (Å²) in [5.74, 6) is 4.00. The Morgan fingerprint density at radius 3 is 1.38 bits per heavy atom. The summed E-state index contributed by atoms with van der Waals surface area (Å²) in [5, 5.41) is 0. The third-order valence-electron chi connectivity index (χ3n) is 12.6.